The number of thioether (sulfide) groups is 1. The number of carboxylic acids is 2. The van der Waals surface area contributed by atoms with Crippen molar-refractivity contribution in [2.45, 2.75) is 24.0 Å². The van der Waals surface area contributed by atoms with E-state index in [9.17, 15) is 19.5 Å². The number of aromatic carboxylic acids is 1. The third kappa shape index (κ3) is 3.65. The molecule has 8 heteroatoms. The van der Waals surface area contributed by atoms with Crippen molar-refractivity contribution in [1.29, 1.82) is 0 Å². The van der Waals surface area contributed by atoms with Crippen LogP contribution >= 0.6 is 11.8 Å². The Morgan fingerprint density at radius 2 is 2.00 bits per heavy atom. The first-order valence-electron chi connectivity index (χ1n) is 6.77. The second kappa shape index (κ2) is 6.74. The van der Waals surface area contributed by atoms with Gasteiger partial charge in [-0.1, -0.05) is 12.1 Å². The van der Waals surface area contributed by atoms with Gasteiger partial charge in [-0.25, -0.2) is 4.79 Å². The highest BCUT2D eigenvalue weighted by Gasteiger charge is 2.40. The van der Waals surface area contributed by atoms with E-state index in [2.05, 4.69) is 5.32 Å². The van der Waals surface area contributed by atoms with E-state index >= 15 is 0 Å². The highest BCUT2D eigenvalue weighted by molar-refractivity contribution is 8.04. The fourth-order valence-corrected chi connectivity index (χ4v) is 3.27. The lowest BCUT2D eigenvalue weighted by Gasteiger charge is -2.26. The average molecular weight is 337 g/mol. The number of hydrogen-bond donors (Lipinski definition) is 4. The number of carbonyl (C=O) groups is 3. The van der Waals surface area contributed by atoms with Crippen LogP contribution in [0, 0.1) is 0 Å². The average Bonchev–Trinajstić information content (AvgIpc) is 2.97. The number of carboxylic acid groups (broad SMARTS) is 2. The van der Waals surface area contributed by atoms with E-state index in [4.69, 9.17) is 10.2 Å². The van der Waals surface area contributed by atoms with Crippen molar-refractivity contribution in [1.82, 2.24) is 0 Å². The number of anilines is 1. The number of allylic oxidation sites excluding steroid dienone is 1. The van der Waals surface area contributed by atoms with Crippen molar-refractivity contribution in [3.05, 3.63) is 35.2 Å². The summed E-state index contributed by atoms with van der Waals surface area (Å²) in [5.74, 6) is -3.30. The number of benzene rings is 1. The monoisotopic (exact) mass is 337 g/mol. The van der Waals surface area contributed by atoms with E-state index in [1.54, 1.807) is 11.5 Å². The van der Waals surface area contributed by atoms with E-state index in [0.717, 1.165) is 0 Å². The topological polar surface area (TPSA) is 124 Å². The summed E-state index contributed by atoms with van der Waals surface area (Å²) in [6.07, 6.45) is 2.12. The summed E-state index contributed by atoms with van der Waals surface area (Å²) >= 11 is 1.22. The number of rotatable bonds is 6. The Balaban J connectivity index is 2.21. The number of hydrogen-bond acceptors (Lipinski definition) is 5. The molecule has 0 aromatic heterocycles. The third-order valence-electron chi connectivity index (χ3n) is 3.51. The number of para-hydroxylation sites is 1. The number of nitrogens with one attached hydrogen (secondary N) is 1. The molecular weight excluding hydrogens is 322 g/mol. The lowest BCUT2D eigenvalue weighted by Crippen LogP contribution is -2.38. The molecule has 23 heavy (non-hydrogen) atoms. The van der Waals surface area contributed by atoms with Crippen LogP contribution in [0.2, 0.25) is 0 Å². The second-order valence-electron chi connectivity index (χ2n) is 5.04. The molecule has 1 aromatic carbocycles. The van der Waals surface area contributed by atoms with Crippen LogP contribution in [0.5, 0.6) is 5.75 Å². The van der Waals surface area contributed by atoms with Crippen molar-refractivity contribution < 1.29 is 29.7 Å². The van der Waals surface area contributed by atoms with Gasteiger partial charge in [0.25, 0.3) is 0 Å². The van der Waals surface area contributed by atoms with E-state index in [1.165, 1.54) is 30.0 Å². The fraction of sp³-hybridized carbons (Fsp3) is 0.267. The molecule has 1 heterocycles. The molecule has 0 radical (unpaired) electrons. The molecule has 1 aliphatic rings. The number of aromatic hydroxyl groups is 1. The van der Waals surface area contributed by atoms with Gasteiger partial charge < -0.3 is 20.6 Å². The number of phenols is 1. The Labute approximate surface area is 136 Å². The van der Waals surface area contributed by atoms with E-state index in [1.807, 2.05) is 0 Å². The zero-order valence-electron chi connectivity index (χ0n) is 12.0. The molecule has 1 amide bonds. The van der Waals surface area contributed by atoms with Crippen LogP contribution in [0.25, 0.3) is 0 Å². The van der Waals surface area contributed by atoms with Gasteiger partial charge in [0.2, 0.25) is 5.91 Å². The molecule has 0 saturated carbocycles. The Bertz CT molecular complexity index is 677. The van der Waals surface area contributed by atoms with Crippen LogP contribution in [0.1, 0.15) is 29.6 Å². The van der Waals surface area contributed by atoms with E-state index in [0.29, 0.717) is 6.42 Å². The summed E-state index contributed by atoms with van der Waals surface area (Å²) in [4.78, 5) is 34.3. The van der Waals surface area contributed by atoms with Crippen molar-refractivity contribution in [2.75, 3.05) is 5.32 Å². The quantitative estimate of drug-likeness (QED) is 0.587. The minimum absolute atomic E-state index is 0.0166. The Morgan fingerprint density at radius 1 is 1.26 bits per heavy atom. The van der Waals surface area contributed by atoms with Gasteiger partial charge in [0.15, 0.2) is 5.75 Å². The van der Waals surface area contributed by atoms with Crippen LogP contribution in [-0.2, 0) is 9.59 Å². The van der Waals surface area contributed by atoms with Crippen LogP contribution in [0.4, 0.5) is 5.69 Å². The molecule has 1 unspecified atom stereocenters. The van der Waals surface area contributed by atoms with Gasteiger partial charge in [-0.3, -0.25) is 9.59 Å². The number of carbonyl (C=O) groups excluding carboxylic acids is 1. The summed E-state index contributed by atoms with van der Waals surface area (Å²) in [7, 11) is 0. The van der Waals surface area contributed by atoms with E-state index < -0.39 is 28.3 Å². The first-order chi connectivity index (χ1) is 10.9. The lowest BCUT2D eigenvalue weighted by molar-refractivity contribution is -0.137. The zero-order chi connectivity index (χ0) is 17.0. The maximum atomic E-state index is 12.6. The summed E-state index contributed by atoms with van der Waals surface area (Å²) in [5, 5.41) is 32.0. The molecule has 0 spiro atoms. The summed E-state index contributed by atoms with van der Waals surface area (Å²) in [5.41, 5.74) is -0.336. The maximum Gasteiger partial charge on any atom is 0.339 e. The molecule has 0 bridgehead atoms. The fourth-order valence-electron chi connectivity index (χ4n) is 2.25. The van der Waals surface area contributed by atoms with Gasteiger partial charge >= 0.3 is 11.9 Å². The lowest BCUT2D eigenvalue weighted by atomic mass is 9.97. The van der Waals surface area contributed by atoms with Gasteiger partial charge in [0, 0.05) is 6.42 Å². The maximum absolute atomic E-state index is 12.6. The third-order valence-corrected chi connectivity index (χ3v) is 4.84. The number of amides is 1. The minimum atomic E-state index is -1.31. The Kier molecular flexibility index (Phi) is 4.95. The van der Waals surface area contributed by atoms with Crippen LogP contribution in [0.3, 0.4) is 0 Å². The van der Waals surface area contributed by atoms with Gasteiger partial charge in [0.1, 0.15) is 10.3 Å². The van der Waals surface area contributed by atoms with Crippen LogP contribution in [0.15, 0.2) is 29.7 Å². The standard InChI is InChI=1S/C15H15NO6S/c17-11(18)5-7-15(6-2-8-23-15)14(22)16-10-4-1-3-9(12(10)19)13(20)21/h1-4,8,19H,5-7H2,(H,16,22)(H,17,18)(H,20,21). The van der Waals surface area contributed by atoms with Crippen molar-refractivity contribution in [3.8, 4) is 5.75 Å². The number of aliphatic carboxylic acids is 1. The molecule has 0 fully saturated rings. The second-order valence-corrected chi connectivity index (χ2v) is 6.33. The summed E-state index contributed by atoms with van der Waals surface area (Å²) in [6, 6.07) is 4.01. The molecular formula is C15H15NO6S. The zero-order valence-corrected chi connectivity index (χ0v) is 12.8. The summed E-state index contributed by atoms with van der Waals surface area (Å²) < 4.78 is -0.968. The predicted molar refractivity (Wildman–Crippen MR) is 84.6 cm³/mol. The van der Waals surface area contributed by atoms with Gasteiger partial charge in [-0.2, -0.15) is 0 Å². The highest BCUT2D eigenvalue weighted by Crippen LogP contribution is 2.42. The molecule has 0 aliphatic carbocycles. The Morgan fingerprint density at radius 3 is 2.57 bits per heavy atom. The summed E-state index contributed by atoms with van der Waals surface area (Å²) in [6.45, 7) is 0. The Hall–Kier alpha value is -2.48. The van der Waals surface area contributed by atoms with Gasteiger partial charge in [-0.15, -0.1) is 11.8 Å². The predicted octanol–water partition coefficient (Wildman–Crippen LogP) is 2.28. The molecule has 1 atom stereocenters. The first kappa shape index (κ1) is 16.9. The molecule has 1 aliphatic heterocycles. The van der Waals surface area contributed by atoms with Crippen LogP contribution < -0.4 is 5.32 Å². The molecule has 1 aromatic rings. The molecule has 7 nitrogen and oxygen atoms in total. The molecule has 122 valence electrons. The first-order valence-corrected chi connectivity index (χ1v) is 7.65. The van der Waals surface area contributed by atoms with E-state index in [-0.39, 0.29) is 24.1 Å². The SMILES string of the molecule is O=C(O)CCC1(C(=O)Nc2cccc(C(=O)O)c2O)CC=CS1. The van der Waals surface area contributed by atoms with Crippen molar-refractivity contribution >= 4 is 35.3 Å². The smallest absolute Gasteiger partial charge is 0.339 e. The normalized spacial score (nSPS) is 19.5. The van der Waals surface area contributed by atoms with Gasteiger partial charge in [-0.05, 0) is 30.4 Å². The molecule has 2 rings (SSSR count). The van der Waals surface area contributed by atoms with Crippen molar-refractivity contribution in [3.63, 3.8) is 0 Å². The molecule has 0 saturated heterocycles. The van der Waals surface area contributed by atoms with Crippen molar-refractivity contribution in [2.24, 2.45) is 0 Å². The van der Waals surface area contributed by atoms with Gasteiger partial charge in [0.05, 0.1) is 5.69 Å². The largest absolute Gasteiger partial charge is 0.505 e. The highest BCUT2D eigenvalue weighted by atomic mass is 32.2. The minimum Gasteiger partial charge on any atom is -0.505 e. The molecule has 4 N–H and O–H groups in total. The van der Waals surface area contributed by atoms with Crippen LogP contribution in [-0.4, -0.2) is 37.9 Å².